The molecule has 2 aromatic heterocycles. The van der Waals surface area contributed by atoms with Crippen molar-refractivity contribution in [2.75, 3.05) is 5.32 Å². The van der Waals surface area contributed by atoms with Crippen molar-refractivity contribution in [3.63, 3.8) is 0 Å². The Hall–Kier alpha value is -2.41. The molecule has 0 spiro atoms. The summed E-state index contributed by atoms with van der Waals surface area (Å²) >= 11 is 1.25. The first-order valence-corrected chi connectivity index (χ1v) is 6.00. The summed E-state index contributed by atoms with van der Waals surface area (Å²) in [6.45, 7) is 0. The molecule has 1 amide bonds. The molecule has 1 aromatic carbocycles. The summed E-state index contributed by atoms with van der Waals surface area (Å²) in [5.41, 5.74) is 3.23. The van der Waals surface area contributed by atoms with Crippen LogP contribution in [0.1, 0.15) is 10.5 Å². The molecule has 3 rings (SSSR count). The van der Waals surface area contributed by atoms with Crippen LogP contribution in [0.5, 0.6) is 0 Å². The van der Waals surface area contributed by atoms with E-state index in [2.05, 4.69) is 25.5 Å². The second kappa shape index (κ2) is 4.46. The number of rotatable bonds is 2. The van der Waals surface area contributed by atoms with Crippen LogP contribution in [-0.2, 0) is 0 Å². The van der Waals surface area contributed by atoms with E-state index in [4.69, 9.17) is 0 Å². The van der Waals surface area contributed by atoms with Gasteiger partial charge in [-0.1, -0.05) is 23.5 Å². The fourth-order valence-electron chi connectivity index (χ4n) is 1.46. The van der Waals surface area contributed by atoms with Gasteiger partial charge in [-0.3, -0.25) is 15.1 Å². The van der Waals surface area contributed by atoms with Gasteiger partial charge in [0.25, 0.3) is 5.91 Å². The molecule has 0 aliphatic rings. The van der Waals surface area contributed by atoms with Gasteiger partial charge in [0, 0.05) is 0 Å². The van der Waals surface area contributed by atoms with Crippen LogP contribution in [0.3, 0.4) is 0 Å². The maximum Gasteiger partial charge on any atom is 0.277 e. The number of benzene rings is 1. The van der Waals surface area contributed by atoms with Crippen LogP contribution in [-0.4, -0.2) is 26.1 Å². The number of amides is 1. The number of carbonyl (C=O) groups excluding carboxylic acids is 1. The summed E-state index contributed by atoms with van der Waals surface area (Å²) in [7, 11) is 0. The zero-order valence-corrected chi connectivity index (χ0v) is 9.89. The second-order valence-electron chi connectivity index (χ2n) is 3.44. The molecule has 6 nitrogen and oxygen atoms in total. The molecular weight excluding hydrogens is 250 g/mol. The van der Waals surface area contributed by atoms with Crippen LogP contribution in [0.2, 0.25) is 0 Å². The van der Waals surface area contributed by atoms with Crippen molar-refractivity contribution >= 4 is 33.4 Å². The molecule has 0 bridgehead atoms. The second-order valence-corrected chi connectivity index (χ2v) is 4.28. The monoisotopic (exact) mass is 257 g/mol. The van der Waals surface area contributed by atoms with Gasteiger partial charge in [-0.05, 0) is 12.1 Å². The predicted octanol–water partition coefficient (Wildman–Crippen LogP) is 1.73. The predicted molar refractivity (Wildman–Crippen MR) is 67.4 cm³/mol. The molecule has 0 saturated carbocycles. The Morgan fingerprint density at radius 2 is 2.06 bits per heavy atom. The van der Waals surface area contributed by atoms with Crippen molar-refractivity contribution in [3.8, 4) is 0 Å². The topological polar surface area (TPSA) is 80.7 Å². The summed E-state index contributed by atoms with van der Waals surface area (Å²) < 4.78 is 0. The van der Waals surface area contributed by atoms with Crippen LogP contribution >= 0.6 is 11.3 Å². The van der Waals surface area contributed by atoms with E-state index in [-0.39, 0.29) is 11.6 Å². The van der Waals surface area contributed by atoms with E-state index in [0.29, 0.717) is 10.6 Å². The van der Waals surface area contributed by atoms with Crippen molar-refractivity contribution in [1.82, 2.24) is 20.2 Å². The van der Waals surface area contributed by atoms with Gasteiger partial charge in [0.2, 0.25) is 5.13 Å². The van der Waals surface area contributed by atoms with Gasteiger partial charge in [-0.25, -0.2) is 4.98 Å². The van der Waals surface area contributed by atoms with Gasteiger partial charge in [-0.15, -0.1) is 10.2 Å². The van der Waals surface area contributed by atoms with E-state index < -0.39 is 0 Å². The quantitative estimate of drug-likeness (QED) is 0.756. The van der Waals surface area contributed by atoms with Crippen molar-refractivity contribution in [2.24, 2.45) is 0 Å². The minimum atomic E-state index is -0.343. The first-order chi connectivity index (χ1) is 8.83. The summed E-state index contributed by atoms with van der Waals surface area (Å²) in [4.78, 5) is 20.3. The highest BCUT2D eigenvalue weighted by atomic mass is 32.1. The number of hydrogen-bond donors (Lipinski definition) is 1. The third kappa shape index (κ3) is 2.03. The van der Waals surface area contributed by atoms with E-state index in [0.717, 1.165) is 5.52 Å². The summed E-state index contributed by atoms with van der Waals surface area (Å²) in [6, 6.07) is 7.38. The number of carbonyl (C=O) groups is 1. The lowest BCUT2D eigenvalue weighted by atomic mass is 10.3. The summed E-state index contributed by atoms with van der Waals surface area (Å²) in [5, 5.41) is 10.4. The van der Waals surface area contributed by atoms with Crippen molar-refractivity contribution in [1.29, 1.82) is 0 Å². The maximum absolute atomic E-state index is 11.9. The molecule has 3 aromatic rings. The Labute approximate surface area is 106 Å². The Balaban J connectivity index is 1.92. The zero-order chi connectivity index (χ0) is 12.4. The number of aromatic nitrogens is 4. The minimum Gasteiger partial charge on any atom is -0.295 e. The molecule has 1 N–H and O–H groups in total. The molecule has 88 valence electrons. The minimum absolute atomic E-state index is 0.254. The maximum atomic E-state index is 11.9. The average Bonchev–Trinajstić information content (AvgIpc) is 2.91. The summed E-state index contributed by atoms with van der Waals surface area (Å²) in [5.74, 6) is -0.343. The highest BCUT2D eigenvalue weighted by molar-refractivity contribution is 7.13. The lowest BCUT2D eigenvalue weighted by Gasteiger charge is -2.01. The van der Waals surface area contributed by atoms with Gasteiger partial charge in [0.05, 0.1) is 17.2 Å². The molecule has 18 heavy (non-hydrogen) atoms. The van der Waals surface area contributed by atoms with Gasteiger partial charge < -0.3 is 0 Å². The zero-order valence-electron chi connectivity index (χ0n) is 9.07. The van der Waals surface area contributed by atoms with E-state index in [1.165, 1.54) is 17.5 Å². The molecule has 0 aliphatic heterocycles. The van der Waals surface area contributed by atoms with Gasteiger partial charge in [-0.2, -0.15) is 0 Å². The number of para-hydroxylation sites is 2. The van der Waals surface area contributed by atoms with E-state index >= 15 is 0 Å². The smallest absolute Gasteiger partial charge is 0.277 e. The Morgan fingerprint density at radius 1 is 1.22 bits per heavy atom. The molecule has 0 atom stereocenters. The van der Waals surface area contributed by atoms with Crippen molar-refractivity contribution in [2.45, 2.75) is 0 Å². The Bertz CT molecular complexity index is 697. The van der Waals surface area contributed by atoms with Gasteiger partial charge >= 0.3 is 0 Å². The number of anilines is 1. The molecule has 0 radical (unpaired) electrons. The first-order valence-electron chi connectivity index (χ1n) is 5.12. The van der Waals surface area contributed by atoms with E-state index in [1.807, 2.05) is 24.3 Å². The van der Waals surface area contributed by atoms with E-state index in [1.54, 1.807) is 5.51 Å². The SMILES string of the molecule is O=C(Nc1nncs1)c1cnc2ccccc2n1. The standard InChI is InChI=1S/C11H7N5OS/c17-10(15-11-16-13-6-18-11)9-5-12-7-3-1-2-4-8(7)14-9/h1-6H,(H,15,16,17). The molecule has 7 heteroatoms. The van der Waals surface area contributed by atoms with Crippen LogP contribution in [0, 0.1) is 0 Å². The average molecular weight is 257 g/mol. The van der Waals surface area contributed by atoms with Crippen molar-refractivity contribution in [3.05, 3.63) is 41.7 Å². The molecule has 0 aliphatic carbocycles. The normalized spacial score (nSPS) is 10.4. The fourth-order valence-corrected chi connectivity index (χ4v) is 1.90. The first kappa shape index (κ1) is 10.7. The largest absolute Gasteiger partial charge is 0.295 e. The van der Waals surface area contributed by atoms with Crippen LogP contribution in [0.4, 0.5) is 5.13 Å². The molecule has 0 unspecified atom stereocenters. The Kier molecular flexibility index (Phi) is 2.66. The molecule has 0 fully saturated rings. The molecule has 0 saturated heterocycles. The van der Waals surface area contributed by atoms with Crippen LogP contribution in [0.15, 0.2) is 36.0 Å². The van der Waals surface area contributed by atoms with Crippen LogP contribution in [0.25, 0.3) is 11.0 Å². The molecular formula is C11H7N5OS. The highest BCUT2D eigenvalue weighted by Crippen LogP contribution is 2.12. The number of nitrogens with one attached hydrogen (secondary N) is 1. The lowest BCUT2D eigenvalue weighted by Crippen LogP contribution is -2.14. The van der Waals surface area contributed by atoms with Gasteiger partial charge in [0.15, 0.2) is 0 Å². The summed E-state index contributed by atoms with van der Waals surface area (Å²) in [6.07, 6.45) is 1.44. The third-order valence-electron chi connectivity index (χ3n) is 2.26. The lowest BCUT2D eigenvalue weighted by molar-refractivity contribution is 0.102. The fraction of sp³-hybridized carbons (Fsp3) is 0. The number of nitrogens with zero attached hydrogens (tertiary/aromatic N) is 4. The molecule has 2 heterocycles. The van der Waals surface area contributed by atoms with Crippen molar-refractivity contribution < 1.29 is 4.79 Å². The van der Waals surface area contributed by atoms with Crippen LogP contribution < -0.4 is 5.32 Å². The third-order valence-corrected chi connectivity index (χ3v) is 2.87. The number of fused-ring (bicyclic) bond motifs is 1. The Morgan fingerprint density at radius 3 is 2.83 bits per heavy atom. The van der Waals surface area contributed by atoms with Gasteiger partial charge in [0.1, 0.15) is 11.2 Å². The number of hydrogen-bond acceptors (Lipinski definition) is 6. The van der Waals surface area contributed by atoms with E-state index in [9.17, 15) is 4.79 Å². The highest BCUT2D eigenvalue weighted by Gasteiger charge is 2.10.